The van der Waals surface area contributed by atoms with Crippen LogP contribution in [0.4, 0.5) is 23.7 Å². The van der Waals surface area contributed by atoms with Gasteiger partial charge in [-0.2, -0.15) is 13.2 Å². The maximum atomic E-state index is 13.9. The quantitative estimate of drug-likeness (QED) is 0.494. The summed E-state index contributed by atoms with van der Waals surface area (Å²) in [7, 11) is 0. The molecule has 2 aliphatic heterocycles. The van der Waals surface area contributed by atoms with E-state index in [1.807, 2.05) is 10.6 Å². The molecule has 1 saturated heterocycles. The Morgan fingerprint density at radius 2 is 1.95 bits per heavy atom. The lowest BCUT2D eigenvalue weighted by atomic mass is 9.75. The van der Waals surface area contributed by atoms with Crippen molar-refractivity contribution < 1.29 is 27.5 Å². The van der Waals surface area contributed by atoms with Crippen LogP contribution >= 0.6 is 11.6 Å². The molecule has 1 aromatic carbocycles. The van der Waals surface area contributed by atoms with Crippen LogP contribution in [-0.2, 0) is 40.9 Å². The first kappa shape index (κ1) is 25.9. The van der Waals surface area contributed by atoms with Gasteiger partial charge in [-0.1, -0.05) is 17.7 Å². The fourth-order valence-corrected chi connectivity index (χ4v) is 6.12. The topological polar surface area (TPSA) is 67.7 Å². The van der Waals surface area contributed by atoms with Gasteiger partial charge in [-0.25, -0.2) is 9.78 Å². The molecule has 11 heteroatoms. The first-order chi connectivity index (χ1) is 17.5. The van der Waals surface area contributed by atoms with Crippen LogP contribution in [-0.4, -0.2) is 51.8 Å². The molecule has 3 aliphatic rings. The van der Waals surface area contributed by atoms with E-state index < -0.39 is 24.1 Å². The smallest absolute Gasteiger partial charge is 0.410 e. The van der Waals surface area contributed by atoms with Gasteiger partial charge in [0.1, 0.15) is 11.2 Å². The molecule has 1 fully saturated rings. The number of anilines is 1. The second-order valence-electron chi connectivity index (χ2n) is 10.4. The van der Waals surface area contributed by atoms with Crippen molar-refractivity contribution >= 4 is 29.3 Å². The summed E-state index contributed by atoms with van der Waals surface area (Å²) in [6.07, 6.45) is -2.41. The second kappa shape index (κ2) is 9.53. The minimum absolute atomic E-state index is 0.0491. The molecule has 0 bridgehead atoms. The number of likely N-dealkylation sites (tertiary alicyclic amines) is 1. The van der Waals surface area contributed by atoms with Crippen molar-refractivity contribution in [1.29, 1.82) is 0 Å². The van der Waals surface area contributed by atoms with Crippen molar-refractivity contribution in [1.82, 2.24) is 14.5 Å². The fourth-order valence-electron chi connectivity index (χ4n) is 5.77. The van der Waals surface area contributed by atoms with Gasteiger partial charge >= 0.3 is 12.3 Å². The lowest BCUT2D eigenvalue weighted by Crippen LogP contribution is -2.65. The highest BCUT2D eigenvalue weighted by Gasteiger charge is 2.60. The predicted molar refractivity (Wildman–Crippen MR) is 132 cm³/mol. The molecule has 2 aromatic rings. The Balaban J connectivity index is 1.44. The molecule has 1 aliphatic carbocycles. The van der Waals surface area contributed by atoms with Gasteiger partial charge in [-0.15, -0.1) is 0 Å². The molecular formula is C26H30ClF3N4O3. The Morgan fingerprint density at radius 1 is 1.22 bits per heavy atom. The highest BCUT2D eigenvalue weighted by Crippen LogP contribution is 2.51. The summed E-state index contributed by atoms with van der Waals surface area (Å²) in [6.45, 7) is 4.16. The maximum absolute atomic E-state index is 13.9. The largest absolute Gasteiger partial charge is 0.447 e. The number of imidazole rings is 1. The second-order valence-corrected chi connectivity index (χ2v) is 10.8. The predicted octanol–water partition coefficient (Wildman–Crippen LogP) is 5.40. The van der Waals surface area contributed by atoms with E-state index in [-0.39, 0.29) is 44.6 Å². The number of ether oxygens (including phenoxy) is 1. The SMILES string of the molecule is CC(C)OC(=O)N1CC2(C1)C(=O)N(Cc1nc3c(n1CCCC(F)(F)F)CCCC3)c1cccc(Cl)c12. The molecule has 5 rings (SSSR count). The monoisotopic (exact) mass is 538 g/mol. The Labute approximate surface area is 218 Å². The summed E-state index contributed by atoms with van der Waals surface area (Å²) < 4.78 is 45.8. The zero-order valence-electron chi connectivity index (χ0n) is 20.9. The maximum Gasteiger partial charge on any atom is 0.410 e. The number of nitrogens with zero attached hydrogens (tertiary/aromatic N) is 4. The molecule has 2 amide bonds. The number of carbonyl (C=O) groups excluding carboxylic acids is 2. The van der Waals surface area contributed by atoms with Gasteiger partial charge in [0.25, 0.3) is 0 Å². The zero-order chi connectivity index (χ0) is 26.5. The third-order valence-electron chi connectivity index (χ3n) is 7.38. The van der Waals surface area contributed by atoms with E-state index in [1.54, 1.807) is 30.9 Å². The number of halogens is 4. The molecule has 1 spiro atoms. The normalized spacial score (nSPS) is 18.3. The number of aryl methyl sites for hydroxylation is 1. The van der Waals surface area contributed by atoms with Crippen LogP contribution in [0.2, 0.25) is 5.02 Å². The first-order valence-electron chi connectivity index (χ1n) is 12.7. The number of amides is 2. The van der Waals surface area contributed by atoms with Crippen molar-refractivity contribution in [3.63, 3.8) is 0 Å². The van der Waals surface area contributed by atoms with Crippen molar-refractivity contribution in [3.8, 4) is 0 Å². The number of aromatic nitrogens is 2. The summed E-state index contributed by atoms with van der Waals surface area (Å²) in [5.41, 5.74) is 2.23. The Morgan fingerprint density at radius 3 is 2.65 bits per heavy atom. The Bertz CT molecular complexity index is 1220. The molecule has 200 valence electrons. The van der Waals surface area contributed by atoms with E-state index in [2.05, 4.69) is 0 Å². The number of rotatable bonds is 6. The van der Waals surface area contributed by atoms with Crippen LogP contribution in [0.1, 0.15) is 62.3 Å². The highest BCUT2D eigenvalue weighted by atomic mass is 35.5. The van der Waals surface area contributed by atoms with E-state index >= 15 is 0 Å². The summed E-state index contributed by atoms with van der Waals surface area (Å²) in [5, 5.41) is 0.443. The number of alkyl halides is 3. The van der Waals surface area contributed by atoms with E-state index in [0.29, 0.717) is 22.1 Å². The number of hydrogen-bond donors (Lipinski definition) is 0. The molecule has 7 nitrogen and oxygen atoms in total. The summed E-state index contributed by atoms with van der Waals surface area (Å²) in [4.78, 5) is 34.3. The number of benzene rings is 1. The lowest BCUT2D eigenvalue weighted by Gasteiger charge is -2.46. The van der Waals surface area contributed by atoms with Crippen LogP contribution in [0.3, 0.4) is 0 Å². The average molecular weight is 539 g/mol. The van der Waals surface area contributed by atoms with Crippen LogP contribution < -0.4 is 4.90 Å². The van der Waals surface area contributed by atoms with Gasteiger partial charge in [0, 0.05) is 42.3 Å². The van der Waals surface area contributed by atoms with Crippen molar-refractivity contribution in [2.75, 3.05) is 18.0 Å². The molecule has 1 aromatic heterocycles. The minimum Gasteiger partial charge on any atom is -0.447 e. The van der Waals surface area contributed by atoms with Gasteiger partial charge < -0.3 is 19.1 Å². The first-order valence-corrected chi connectivity index (χ1v) is 13.1. The molecule has 0 unspecified atom stereocenters. The van der Waals surface area contributed by atoms with E-state index in [0.717, 1.165) is 37.1 Å². The summed E-state index contributed by atoms with van der Waals surface area (Å²) in [5.74, 6) is 0.396. The third kappa shape index (κ3) is 4.69. The third-order valence-corrected chi connectivity index (χ3v) is 7.70. The Kier molecular flexibility index (Phi) is 6.66. The van der Waals surface area contributed by atoms with Crippen LogP contribution in [0.5, 0.6) is 0 Å². The van der Waals surface area contributed by atoms with Gasteiger partial charge in [-0.3, -0.25) is 4.79 Å². The molecule has 0 saturated carbocycles. The van der Waals surface area contributed by atoms with Crippen molar-refractivity contribution in [2.45, 2.75) is 83.2 Å². The van der Waals surface area contributed by atoms with Crippen LogP contribution in [0, 0.1) is 0 Å². The van der Waals surface area contributed by atoms with Crippen LogP contribution in [0.25, 0.3) is 0 Å². The number of hydrogen-bond acceptors (Lipinski definition) is 4. The molecule has 3 heterocycles. The fraction of sp³-hybridized carbons (Fsp3) is 0.577. The van der Waals surface area contributed by atoms with Gasteiger partial charge in [0.2, 0.25) is 5.91 Å². The van der Waals surface area contributed by atoms with Gasteiger partial charge in [0.05, 0.1) is 24.0 Å². The molecule has 37 heavy (non-hydrogen) atoms. The number of carbonyl (C=O) groups is 2. The van der Waals surface area contributed by atoms with Crippen molar-refractivity contribution in [3.05, 3.63) is 46.0 Å². The molecular weight excluding hydrogens is 509 g/mol. The van der Waals surface area contributed by atoms with E-state index in [1.165, 1.54) is 4.90 Å². The van der Waals surface area contributed by atoms with Crippen LogP contribution in [0.15, 0.2) is 18.2 Å². The van der Waals surface area contributed by atoms with Gasteiger partial charge in [-0.05, 0) is 58.1 Å². The van der Waals surface area contributed by atoms with Crippen molar-refractivity contribution in [2.24, 2.45) is 0 Å². The van der Waals surface area contributed by atoms with E-state index in [9.17, 15) is 22.8 Å². The highest BCUT2D eigenvalue weighted by molar-refractivity contribution is 6.33. The molecule has 0 atom stereocenters. The number of fused-ring (bicyclic) bond motifs is 3. The van der Waals surface area contributed by atoms with E-state index in [4.69, 9.17) is 21.3 Å². The lowest BCUT2D eigenvalue weighted by molar-refractivity contribution is -0.136. The molecule has 0 radical (unpaired) electrons. The standard InChI is InChI=1S/C26H30ClF3N4O3/c1-16(2)37-24(36)32-14-25(15-32)22-17(27)7-5-10-20(22)34(23(25)35)13-21-31-18-8-3-4-9-19(18)33(21)12-6-11-26(28,29)30/h5,7,10,16H,3-4,6,8-9,11-15H2,1-2H3. The summed E-state index contributed by atoms with van der Waals surface area (Å²) in [6, 6.07) is 5.31. The molecule has 0 N–H and O–H groups in total. The zero-order valence-corrected chi connectivity index (χ0v) is 21.7. The minimum atomic E-state index is -4.22. The Hall–Kier alpha value is -2.75. The van der Waals surface area contributed by atoms with Gasteiger partial charge in [0.15, 0.2) is 0 Å². The average Bonchev–Trinajstić information content (AvgIpc) is 3.25. The summed E-state index contributed by atoms with van der Waals surface area (Å²) >= 11 is 6.60.